The summed E-state index contributed by atoms with van der Waals surface area (Å²) in [5, 5.41) is 6.79. The second-order valence-electron chi connectivity index (χ2n) is 7.50. The van der Waals surface area contributed by atoms with E-state index in [4.69, 9.17) is 19.7 Å². The van der Waals surface area contributed by atoms with Gasteiger partial charge < -0.3 is 19.5 Å². The molecule has 0 aliphatic heterocycles. The Morgan fingerprint density at radius 1 is 0.912 bits per heavy atom. The van der Waals surface area contributed by atoms with E-state index in [9.17, 15) is 0 Å². The molecule has 0 fully saturated rings. The lowest BCUT2D eigenvalue weighted by molar-refractivity contribution is 0.123. The van der Waals surface area contributed by atoms with E-state index >= 15 is 0 Å². The van der Waals surface area contributed by atoms with Crippen molar-refractivity contribution < 1.29 is 14.2 Å². The molecule has 3 aromatic rings. The van der Waals surface area contributed by atoms with Gasteiger partial charge in [-0.25, -0.2) is 9.97 Å². The molecule has 0 saturated carbocycles. The van der Waals surface area contributed by atoms with Gasteiger partial charge in [0.1, 0.15) is 23.6 Å². The highest BCUT2D eigenvalue weighted by molar-refractivity contribution is 5.66. The summed E-state index contributed by atoms with van der Waals surface area (Å²) in [6.45, 7) is 2.55. The van der Waals surface area contributed by atoms with Crippen molar-refractivity contribution in [3.05, 3.63) is 71.4 Å². The van der Waals surface area contributed by atoms with Gasteiger partial charge in [0.25, 0.3) is 0 Å². The molecule has 0 bridgehead atoms. The number of rotatable bonds is 15. The zero-order valence-electron chi connectivity index (χ0n) is 19.4. The molecular formula is C25H30N6O3. The summed E-state index contributed by atoms with van der Waals surface area (Å²) < 4.78 is 16.7. The van der Waals surface area contributed by atoms with Crippen molar-refractivity contribution in [1.29, 1.82) is 0 Å². The van der Waals surface area contributed by atoms with Crippen molar-refractivity contribution in [1.82, 2.24) is 9.97 Å². The van der Waals surface area contributed by atoms with E-state index in [1.807, 2.05) is 54.6 Å². The van der Waals surface area contributed by atoms with E-state index in [0.29, 0.717) is 32.2 Å². The molecule has 9 heteroatoms. The lowest BCUT2D eigenvalue weighted by Gasteiger charge is -2.10. The second-order valence-corrected chi connectivity index (χ2v) is 7.50. The minimum absolute atomic E-state index is 0.530. The SMILES string of the molecule is COc1ccc(Nc2cc(-c3cccc(OCCCCOCCCCN=[N+]=[N-])c3)ncn2)cc1. The Balaban J connectivity index is 1.43. The average molecular weight is 463 g/mol. The van der Waals surface area contributed by atoms with Crippen LogP contribution in [0.5, 0.6) is 11.5 Å². The molecule has 2 aromatic carbocycles. The van der Waals surface area contributed by atoms with Crippen LogP contribution in [0.4, 0.5) is 11.5 Å². The number of aromatic nitrogens is 2. The predicted octanol–water partition coefficient (Wildman–Crippen LogP) is 6.16. The Bertz CT molecular complexity index is 1050. The maximum absolute atomic E-state index is 8.22. The number of anilines is 2. The van der Waals surface area contributed by atoms with Crippen LogP contribution in [0, 0.1) is 0 Å². The zero-order valence-corrected chi connectivity index (χ0v) is 19.4. The fourth-order valence-corrected chi connectivity index (χ4v) is 3.18. The first-order chi connectivity index (χ1) is 16.8. The topological polar surface area (TPSA) is 114 Å². The van der Waals surface area contributed by atoms with E-state index in [2.05, 4.69) is 25.3 Å². The van der Waals surface area contributed by atoms with Crippen LogP contribution < -0.4 is 14.8 Å². The number of benzene rings is 2. The summed E-state index contributed by atoms with van der Waals surface area (Å²) in [5.74, 6) is 2.32. The lowest BCUT2D eigenvalue weighted by atomic mass is 10.1. The third-order valence-corrected chi connectivity index (χ3v) is 4.97. The van der Waals surface area contributed by atoms with Gasteiger partial charge in [0.05, 0.1) is 19.4 Å². The molecule has 0 unspecified atom stereocenters. The number of ether oxygens (including phenoxy) is 3. The highest BCUT2D eigenvalue weighted by Crippen LogP contribution is 2.25. The maximum atomic E-state index is 8.22. The van der Waals surface area contributed by atoms with Crippen LogP contribution in [0.3, 0.4) is 0 Å². The third-order valence-electron chi connectivity index (χ3n) is 4.97. The van der Waals surface area contributed by atoms with Gasteiger partial charge in [-0.05, 0) is 67.6 Å². The normalized spacial score (nSPS) is 10.4. The van der Waals surface area contributed by atoms with Gasteiger partial charge in [-0.1, -0.05) is 17.2 Å². The van der Waals surface area contributed by atoms with Gasteiger partial charge in [-0.3, -0.25) is 0 Å². The number of nitrogens with zero attached hydrogens (tertiary/aromatic N) is 5. The molecule has 178 valence electrons. The largest absolute Gasteiger partial charge is 0.497 e. The van der Waals surface area contributed by atoms with Gasteiger partial charge in [0.2, 0.25) is 0 Å². The Labute approximate surface area is 199 Å². The highest BCUT2D eigenvalue weighted by Gasteiger charge is 2.05. The lowest BCUT2D eigenvalue weighted by Crippen LogP contribution is -2.02. The first kappa shape index (κ1) is 24.8. The Morgan fingerprint density at radius 2 is 1.71 bits per heavy atom. The van der Waals surface area contributed by atoms with Gasteiger partial charge >= 0.3 is 0 Å². The molecule has 1 aromatic heterocycles. The Kier molecular flexibility index (Phi) is 10.5. The molecular weight excluding hydrogens is 432 g/mol. The summed E-state index contributed by atoms with van der Waals surface area (Å²) >= 11 is 0. The Morgan fingerprint density at radius 3 is 2.50 bits per heavy atom. The van der Waals surface area contributed by atoms with Crippen LogP contribution in [0.2, 0.25) is 0 Å². The van der Waals surface area contributed by atoms with E-state index in [1.165, 1.54) is 0 Å². The molecule has 0 aliphatic rings. The summed E-state index contributed by atoms with van der Waals surface area (Å²) in [6.07, 6.45) is 5.15. The molecule has 0 atom stereocenters. The van der Waals surface area contributed by atoms with E-state index in [-0.39, 0.29) is 0 Å². The molecule has 0 saturated heterocycles. The number of nitrogens with one attached hydrogen (secondary N) is 1. The minimum atomic E-state index is 0.530. The van der Waals surface area contributed by atoms with Crippen LogP contribution in [0.1, 0.15) is 25.7 Å². The first-order valence-electron chi connectivity index (χ1n) is 11.3. The van der Waals surface area contributed by atoms with Crippen molar-refractivity contribution in [3.8, 4) is 22.8 Å². The van der Waals surface area contributed by atoms with E-state index < -0.39 is 0 Å². The van der Waals surface area contributed by atoms with Gasteiger partial charge in [-0.2, -0.15) is 0 Å². The smallest absolute Gasteiger partial charge is 0.134 e. The second kappa shape index (κ2) is 14.4. The van der Waals surface area contributed by atoms with Crippen molar-refractivity contribution in [2.45, 2.75) is 25.7 Å². The van der Waals surface area contributed by atoms with Crippen molar-refractivity contribution in [3.63, 3.8) is 0 Å². The quantitative estimate of drug-likeness (QED) is 0.125. The minimum Gasteiger partial charge on any atom is -0.497 e. The van der Waals surface area contributed by atoms with Crippen LogP contribution in [0.15, 0.2) is 66.0 Å². The monoisotopic (exact) mass is 462 g/mol. The molecule has 0 spiro atoms. The summed E-state index contributed by atoms with van der Waals surface area (Å²) in [6, 6.07) is 17.5. The molecule has 1 heterocycles. The summed E-state index contributed by atoms with van der Waals surface area (Å²) in [5.41, 5.74) is 10.9. The molecule has 34 heavy (non-hydrogen) atoms. The van der Waals surface area contributed by atoms with E-state index in [1.54, 1.807) is 13.4 Å². The third kappa shape index (κ3) is 8.61. The fourth-order valence-electron chi connectivity index (χ4n) is 3.18. The Hall–Kier alpha value is -3.81. The number of azide groups is 1. The van der Waals surface area contributed by atoms with Gasteiger partial charge in [0, 0.05) is 42.0 Å². The molecule has 0 radical (unpaired) electrons. The predicted molar refractivity (Wildman–Crippen MR) is 133 cm³/mol. The number of methoxy groups -OCH3 is 1. The average Bonchev–Trinajstić information content (AvgIpc) is 2.88. The highest BCUT2D eigenvalue weighted by atomic mass is 16.5. The number of hydrogen-bond donors (Lipinski definition) is 1. The van der Waals surface area contributed by atoms with E-state index in [0.717, 1.165) is 54.1 Å². The van der Waals surface area contributed by atoms with Crippen molar-refractivity contribution in [2.24, 2.45) is 5.11 Å². The number of unbranched alkanes of at least 4 members (excludes halogenated alkanes) is 2. The molecule has 1 N–H and O–H groups in total. The zero-order chi connectivity index (χ0) is 23.8. The van der Waals surface area contributed by atoms with Crippen LogP contribution in [-0.2, 0) is 4.74 Å². The van der Waals surface area contributed by atoms with Gasteiger partial charge in [0.15, 0.2) is 0 Å². The van der Waals surface area contributed by atoms with Gasteiger partial charge in [-0.15, -0.1) is 0 Å². The maximum Gasteiger partial charge on any atom is 0.134 e. The first-order valence-corrected chi connectivity index (χ1v) is 11.3. The van der Waals surface area contributed by atoms with Crippen LogP contribution in [-0.4, -0.2) is 43.4 Å². The summed E-state index contributed by atoms with van der Waals surface area (Å²) in [7, 11) is 1.64. The fraction of sp³-hybridized carbons (Fsp3) is 0.360. The molecule has 0 amide bonds. The molecule has 3 rings (SSSR count). The number of hydrogen-bond acceptors (Lipinski definition) is 7. The van der Waals surface area contributed by atoms with Crippen molar-refractivity contribution in [2.75, 3.05) is 38.8 Å². The van der Waals surface area contributed by atoms with Crippen LogP contribution in [0.25, 0.3) is 21.7 Å². The molecule has 0 aliphatic carbocycles. The van der Waals surface area contributed by atoms with Crippen molar-refractivity contribution >= 4 is 11.5 Å². The van der Waals surface area contributed by atoms with Crippen LogP contribution >= 0.6 is 0 Å². The molecule has 9 nitrogen and oxygen atoms in total. The summed E-state index contributed by atoms with van der Waals surface area (Å²) in [4.78, 5) is 11.5. The standard InChI is InChI=1S/C25H30N6O3/c1-32-22-11-9-21(10-12-22)30-25-18-24(27-19-28-25)20-7-6-8-23(17-20)34-16-5-4-15-33-14-3-2-13-29-31-26/h6-12,17-19H,2-5,13-16H2,1H3,(H,27,28,30).